The first kappa shape index (κ1) is 25.1. The van der Waals surface area contributed by atoms with Gasteiger partial charge in [0.05, 0.1) is 23.0 Å². The van der Waals surface area contributed by atoms with Gasteiger partial charge in [0.15, 0.2) is 0 Å². The highest BCUT2D eigenvalue weighted by Gasteiger charge is 2.49. The monoisotopic (exact) mass is 414 g/mol. The smallest absolute Gasteiger partial charge is 0.0609 e. The average molecular weight is 415 g/mol. The van der Waals surface area contributed by atoms with Gasteiger partial charge in [-0.25, -0.2) is 0 Å². The summed E-state index contributed by atoms with van der Waals surface area (Å²) in [7, 11) is 0. The number of unbranched alkanes of at least 4 members (excludes halogenated alkanes) is 5. The lowest BCUT2D eigenvalue weighted by Gasteiger charge is -2.59. The number of anilines is 2. The molecule has 1 unspecified atom stereocenters. The first-order valence-corrected chi connectivity index (χ1v) is 13.3. The van der Waals surface area contributed by atoms with E-state index in [9.17, 15) is 0 Å². The van der Waals surface area contributed by atoms with Crippen LogP contribution in [-0.4, -0.2) is 24.7 Å². The zero-order valence-electron chi connectivity index (χ0n) is 20.9. The number of rotatable bonds is 15. The van der Waals surface area contributed by atoms with Crippen LogP contribution in [0.15, 0.2) is 24.3 Å². The Kier molecular flexibility index (Phi) is 11.1. The molecule has 0 saturated heterocycles. The van der Waals surface area contributed by atoms with Crippen molar-refractivity contribution >= 4 is 11.4 Å². The highest BCUT2D eigenvalue weighted by molar-refractivity contribution is 5.76. The SMILES string of the molecule is CCCCC1N(CCCC)c2ccccc2N(CCCC)C1(CCCC)CCCC. The minimum Gasteiger partial charge on any atom is -0.365 e. The quantitative estimate of drug-likeness (QED) is 0.283. The van der Waals surface area contributed by atoms with Crippen LogP contribution < -0.4 is 9.80 Å². The lowest BCUT2D eigenvalue weighted by atomic mass is 9.73. The van der Waals surface area contributed by atoms with Crippen molar-refractivity contribution in [2.75, 3.05) is 22.9 Å². The fourth-order valence-electron chi connectivity index (χ4n) is 5.59. The van der Waals surface area contributed by atoms with Gasteiger partial charge in [-0.15, -0.1) is 0 Å². The molecule has 1 aromatic rings. The minimum absolute atomic E-state index is 0.290. The summed E-state index contributed by atoms with van der Waals surface area (Å²) in [6.07, 6.45) is 17.1. The second-order valence-electron chi connectivity index (χ2n) is 9.51. The molecule has 0 fully saturated rings. The highest BCUT2D eigenvalue weighted by Crippen LogP contribution is 2.49. The summed E-state index contributed by atoms with van der Waals surface area (Å²) < 4.78 is 0. The molecular weight excluding hydrogens is 364 g/mol. The van der Waals surface area contributed by atoms with Crippen molar-refractivity contribution in [1.29, 1.82) is 0 Å². The third-order valence-corrected chi connectivity index (χ3v) is 7.26. The number of nitrogens with zero attached hydrogens (tertiary/aromatic N) is 2. The van der Waals surface area contributed by atoms with Gasteiger partial charge in [-0.2, -0.15) is 0 Å². The summed E-state index contributed by atoms with van der Waals surface area (Å²) in [6.45, 7) is 14.2. The molecule has 2 rings (SSSR count). The average Bonchev–Trinajstić information content (AvgIpc) is 2.78. The van der Waals surface area contributed by atoms with Gasteiger partial charge in [0.1, 0.15) is 0 Å². The van der Waals surface area contributed by atoms with Crippen molar-refractivity contribution in [2.45, 2.75) is 130 Å². The summed E-state index contributed by atoms with van der Waals surface area (Å²) in [5, 5.41) is 0. The molecule has 2 heteroatoms. The van der Waals surface area contributed by atoms with E-state index in [1.807, 2.05) is 0 Å². The Morgan fingerprint density at radius 2 is 1.20 bits per heavy atom. The van der Waals surface area contributed by atoms with E-state index in [4.69, 9.17) is 0 Å². The Bertz CT molecular complexity index is 574. The van der Waals surface area contributed by atoms with Crippen molar-refractivity contribution in [1.82, 2.24) is 0 Å². The number of benzene rings is 1. The molecule has 1 aliphatic rings. The highest BCUT2D eigenvalue weighted by atomic mass is 15.3. The molecule has 1 aromatic carbocycles. The third-order valence-electron chi connectivity index (χ3n) is 7.26. The van der Waals surface area contributed by atoms with E-state index in [0.29, 0.717) is 11.6 Å². The number of hydrogen-bond donors (Lipinski definition) is 0. The Morgan fingerprint density at radius 3 is 1.77 bits per heavy atom. The molecule has 2 nitrogen and oxygen atoms in total. The number of hydrogen-bond acceptors (Lipinski definition) is 2. The van der Waals surface area contributed by atoms with Gasteiger partial charge in [0.25, 0.3) is 0 Å². The fraction of sp³-hybridized carbons (Fsp3) is 0.786. The van der Waals surface area contributed by atoms with Gasteiger partial charge >= 0.3 is 0 Å². The minimum atomic E-state index is 0.290. The molecule has 0 N–H and O–H groups in total. The van der Waals surface area contributed by atoms with E-state index < -0.39 is 0 Å². The molecule has 1 heterocycles. The summed E-state index contributed by atoms with van der Waals surface area (Å²) in [5.41, 5.74) is 3.31. The summed E-state index contributed by atoms with van der Waals surface area (Å²) in [4.78, 5) is 5.78. The topological polar surface area (TPSA) is 6.48 Å². The zero-order chi connectivity index (χ0) is 21.8. The molecule has 0 bridgehead atoms. The van der Waals surface area contributed by atoms with Crippen LogP contribution in [0.3, 0.4) is 0 Å². The normalized spacial score (nSPS) is 18.0. The number of para-hydroxylation sites is 2. The van der Waals surface area contributed by atoms with Crippen LogP contribution >= 0.6 is 0 Å². The van der Waals surface area contributed by atoms with E-state index in [2.05, 4.69) is 68.7 Å². The molecular formula is C28H50N2. The molecule has 172 valence electrons. The van der Waals surface area contributed by atoms with Crippen LogP contribution in [0.4, 0.5) is 11.4 Å². The van der Waals surface area contributed by atoms with E-state index in [0.717, 1.165) is 0 Å². The summed E-state index contributed by atoms with van der Waals surface area (Å²) in [6, 6.07) is 10.0. The lowest BCUT2D eigenvalue weighted by molar-refractivity contribution is 0.228. The molecule has 0 spiro atoms. The largest absolute Gasteiger partial charge is 0.365 e. The van der Waals surface area contributed by atoms with Gasteiger partial charge in [-0.3, -0.25) is 0 Å². The van der Waals surface area contributed by atoms with Crippen LogP contribution in [0.1, 0.15) is 118 Å². The Balaban J connectivity index is 2.63. The molecule has 0 saturated carbocycles. The molecule has 30 heavy (non-hydrogen) atoms. The van der Waals surface area contributed by atoms with E-state index in [-0.39, 0.29) is 0 Å². The van der Waals surface area contributed by atoms with Gasteiger partial charge in [0, 0.05) is 13.1 Å². The Morgan fingerprint density at radius 1 is 0.667 bits per heavy atom. The van der Waals surface area contributed by atoms with E-state index >= 15 is 0 Å². The first-order chi connectivity index (χ1) is 14.7. The van der Waals surface area contributed by atoms with Crippen LogP contribution in [0.25, 0.3) is 0 Å². The Hall–Kier alpha value is -1.18. The third kappa shape index (κ3) is 5.74. The van der Waals surface area contributed by atoms with Crippen molar-refractivity contribution in [3.63, 3.8) is 0 Å². The Labute approximate surface area is 188 Å². The second kappa shape index (κ2) is 13.3. The summed E-state index contributed by atoms with van der Waals surface area (Å²) >= 11 is 0. The predicted octanol–water partition coefficient (Wildman–Crippen LogP) is 8.59. The van der Waals surface area contributed by atoms with Gasteiger partial charge in [-0.1, -0.05) is 98.1 Å². The van der Waals surface area contributed by atoms with Gasteiger partial charge in [-0.05, 0) is 44.2 Å². The first-order valence-electron chi connectivity index (χ1n) is 13.3. The van der Waals surface area contributed by atoms with Crippen molar-refractivity contribution in [2.24, 2.45) is 0 Å². The molecule has 0 aromatic heterocycles. The molecule has 1 atom stereocenters. The van der Waals surface area contributed by atoms with Crippen molar-refractivity contribution in [3.05, 3.63) is 24.3 Å². The van der Waals surface area contributed by atoms with Crippen LogP contribution in [0, 0.1) is 0 Å². The lowest BCUT2D eigenvalue weighted by Crippen LogP contribution is -2.66. The molecule has 1 aliphatic heterocycles. The molecule has 0 aliphatic carbocycles. The van der Waals surface area contributed by atoms with Gasteiger partial charge in [0.2, 0.25) is 0 Å². The predicted molar refractivity (Wildman–Crippen MR) is 136 cm³/mol. The maximum absolute atomic E-state index is 2.92. The van der Waals surface area contributed by atoms with Crippen LogP contribution in [0.2, 0.25) is 0 Å². The van der Waals surface area contributed by atoms with Gasteiger partial charge < -0.3 is 9.80 Å². The maximum Gasteiger partial charge on any atom is 0.0609 e. The van der Waals surface area contributed by atoms with Crippen LogP contribution in [-0.2, 0) is 0 Å². The second-order valence-corrected chi connectivity index (χ2v) is 9.51. The summed E-state index contributed by atoms with van der Waals surface area (Å²) in [5.74, 6) is 0. The molecule has 0 amide bonds. The fourth-order valence-corrected chi connectivity index (χ4v) is 5.59. The number of fused-ring (bicyclic) bond motifs is 1. The van der Waals surface area contributed by atoms with E-state index in [1.54, 1.807) is 0 Å². The van der Waals surface area contributed by atoms with E-state index in [1.165, 1.54) is 108 Å². The zero-order valence-corrected chi connectivity index (χ0v) is 20.9. The standard InChI is InChI=1S/C28H50N2/c1-6-11-20-27-28(21-12-7-2,22-13-8-3)30(24-15-10-5)26-19-17-16-18-25(26)29(27)23-14-9-4/h16-19,27H,6-15,20-24H2,1-5H3. The maximum atomic E-state index is 2.92. The van der Waals surface area contributed by atoms with Crippen LogP contribution in [0.5, 0.6) is 0 Å². The van der Waals surface area contributed by atoms with Crippen molar-refractivity contribution < 1.29 is 0 Å². The molecule has 0 radical (unpaired) electrons. The van der Waals surface area contributed by atoms with Crippen molar-refractivity contribution in [3.8, 4) is 0 Å².